The largest absolute Gasteiger partial charge is 0.360 e. The van der Waals surface area contributed by atoms with E-state index >= 15 is 0 Å². The number of hydrogen-bond acceptors (Lipinski definition) is 2. The van der Waals surface area contributed by atoms with Gasteiger partial charge in [-0.3, -0.25) is 9.69 Å². The Kier molecular flexibility index (Phi) is 4.23. The van der Waals surface area contributed by atoms with E-state index in [-0.39, 0.29) is 12.1 Å². The van der Waals surface area contributed by atoms with E-state index in [4.69, 9.17) is 11.6 Å². The summed E-state index contributed by atoms with van der Waals surface area (Å²) in [6, 6.07) is 29.9. The molecule has 1 N–H and O–H groups in total. The number of rotatable bonds is 2. The number of benzene rings is 4. The van der Waals surface area contributed by atoms with Crippen molar-refractivity contribution in [3.8, 4) is 0 Å². The number of halogens is 1. The first-order chi connectivity index (χ1) is 15.6. The third-order valence-corrected chi connectivity index (χ3v) is 6.54. The van der Waals surface area contributed by atoms with Crippen LogP contribution in [0.15, 0.2) is 91.0 Å². The number of carbonyl (C=O) groups is 1. The third kappa shape index (κ3) is 2.80. The van der Waals surface area contributed by atoms with Gasteiger partial charge in [-0.05, 0) is 60.2 Å². The van der Waals surface area contributed by atoms with Crippen molar-refractivity contribution in [3.05, 3.63) is 107 Å². The average molecular weight is 438 g/mol. The second kappa shape index (κ2) is 7.14. The van der Waals surface area contributed by atoms with E-state index < -0.39 is 0 Å². The van der Waals surface area contributed by atoms with Crippen molar-refractivity contribution in [2.24, 2.45) is 7.05 Å². The van der Waals surface area contributed by atoms with Crippen LogP contribution >= 0.6 is 11.6 Å². The highest BCUT2D eigenvalue weighted by Crippen LogP contribution is 2.39. The minimum atomic E-state index is -0.345. The summed E-state index contributed by atoms with van der Waals surface area (Å²) < 4.78 is 2.21. The van der Waals surface area contributed by atoms with E-state index in [9.17, 15) is 4.79 Å². The van der Waals surface area contributed by atoms with Crippen molar-refractivity contribution in [2.75, 3.05) is 10.2 Å². The van der Waals surface area contributed by atoms with Gasteiger partial charge >= 0.3 is 0 Å². The number of aryl methyl sites for hydroxylation is 1. The number of nitrogens with one attached hydrogen (secondary N) is 1. The summed E-state index contributed by atoms with van der Waals surface area (Å²) in [4.78, 5) is 15.4. The predicted molar refractivity (Wildman–Crippen MR) is 131 cm³/mol. The molecular formula is C27H20ClN3O. The van der Waals surface area contributed by atoms with Gasteiger partial charge in [0.15, 0.2) is 0 Å². The maximum absolute atomic E-state index is 13.6. The normalized spacial score (nSPS) is 15.8. The summed E-state index contributed by atoms with van der Waals surface area (Å²) in [6.45, 7) is 0. The summed E-state index contributed by atoms with van der Waals surface area (Å²) in [6.07, 6.45) is -0.345. The minimum absolute atomic E-state index is 0.0373. The van der Waals surface area contributed by atoms with Gasteiger partial charge in [-0.25, -0.2) is 0 Å². The van der Waals surface area contributed by atoms with Gasteiger partial charge in [0.1, 0.15) is 6.17 Å². The van der Waals surface area contributed by atoms with E-state index in [1.165, 1.54) is 16.3 Å². The number of nitrogens with zero attached hydrogens (tertiary/aromatic N) is 2. The van der Waals surface area contributed by atoms with Gasteiger partial charge in [0.25, 0.3) is 5.91 Å². The van der Waals surface area contributed by atoms with Crippen molar-refractivity contribution < 1.29 is 4.79 Å². The molecule has 0 unspecified atom stereocenters. The number of anilines is 2. The number of aromatic nitrogens is 1. The van der Waals surface area contributed by atoms with E-state index in [0.717, 1.165) is 22.5 Å². The number of amides is 1. The van der Waals surface area contributed by atoms with E-state index in [1.807, 2.05) is 53.4 Å². The fraction of sp³-hybridized carbons (Fsp3) is 0.0741. The molecule has 0 spiro atoms. The lowest BCUT2D eigenvalue weighted by Gasteiger charge is -2.38. The molecular weight excluding hydrogens is 418 g/mol. The molecule has 156 valence electrons. The van der Waals surface area contributed by atoms with E-state index in [1.54, 1.807) is 0 Å². The van der Waals surface area contributed by atoms with Gasteiger partial charge < -0.3 is 9.88 Å². The van der Waals surface area contributed by atoms with Crippen molar-refractivity contribution in [1.29, 1.82) is 0 Å². The fourth-order valence-corrected chi connectivity index (χ4v) is 4.84. The minimum Gasteiger partial charge on any atom is -0.360 e. The maximum Gasteiger partial charge on any atom is 0.262 e. The predicted octanol–water partition coefficient (Wildman–Crippen LogP) is 6.76. The molecule has 2 heterocycles. The van der Waals surface area contributed by atoms with Crippen LogP contribution in [0.1, 0.15) is 22.1 Å². The fourth-order valence-electron chi connectivity index (χ4n) is 4.71. The maximum atomic E-state index is 13.6. The Balaban J connectivity index is 1.56. The van der Waals surface area contributed by atoms with Crippen molar-refractivity contribution >= 4 is 50.7 Å². The Hall–Kier alpha value is -3.76. The topological polar surface area (TPSA) is 37.3 Å². The molecule has 32 heavy (non-hydrogen) atoms. The molecule has 1 aromatic heterocycles. The SMILES string of the molecule is Cn1c2ccccc2c2cc([C@@H]3Nc4ccccc4C(=O)N3c3ccc(Cl)cc3)ccc21. The zero-order valence-electron chi connectivity index (χ0n) is 17.4. The van der Waals surface area contributed by atoms with Crippen LogP contribution in [-0.2, 0) is 7.05 Å². The molecule has 6 rings (SSSR count). The third-order valence-electron chi connectivity index (χ3n) is 6.28. The number of carbonyl (C=O) groups excluding carboxylic acids is 1. The molecule has 1 aliphatic heterocycles. The van der Waals surface area contributed by atoms with Crippen LogP contribution in [0.4, 0.5) is 11.4 Å². The molecule has 1 aliphatic rings. The first-order valence-corrected chi connectivity index (χ1v) is 10.9. The van der Waals surface area contributed by atoms with Crippen LogP contribution in [0.2, 0.25) is 5.02 Å². The molecule has 4 nitrogen and oxygen atoms in total. The number of para-hydroxylation sites is 2. The molecule has 0 saturated carbocycles. The van der Waals surface area contributed by atoms with Gasteiger partial charge in [0.2, 0.25) is 0 Å². The van der Waals surface area contributed by atoms with Crippen LogP contribution in [-0.4, -0.2) is 10.5 Å². The monoisotopic (exact) mass is 437 g/mol. The first-order valence-electron chi connectivity index (χ1n) is 10.5. The van der Waals surface area contributed by atoms with Gasteiger partial charge in [0, 0.05) is 45.3 Å². The Morgan fingerprint density at radius 2 is 1.53 bits per heavy atom. The van der Waals surface area contributed by atoms with Crippen molar-refractivity contribution in [1.82, 2.24) is 4.57 Å². The van der Waals surface area contributed by atoms with Crippen LogP contribution in [0.25, 0.3) is 21.8 Å². The Morgan fingerprint density at radius 3 is 2.38 bits per heavy atom. The molecule has 0 radical (unpaired) electrons. The van der Waals surface area contributed by atoms with Gasteiger partial charge in [-0.2, -0.15) is 0 Å². The number of hydrogen-bond donors (Lipinski definition) is 1. The molecule has 0 aliphatic carbocycles. The second-order valence-corrected chi connectivity index (χ2v) is 8.53. The second-order valence-electron chi connectivity index (χ2n) is 8.10. The Bertz CT molecular complexity index is 1500. The highest BCUT2D eigenvalue weighted by atomic mass is 35.5. The van der Waals surface area contributed by atoms with Crippen LogP contribution in [0.5, 0.6) is 0 Å². The average Bonchev–Trinajstić information content (AvgIpc) is 3.11. The molecule has 0 saturated heterocycles. The lowest BCUT2D eigenvalue weighted by atomic mass is 10.0. The zero-order valence-corrected chi connectivity index (χ0v) is 18.2. The van der Waals surface area contributed by atoms with E-state index in [2.05, 4.69) is 59.4 Å². The standard InChI is InChI=1S/C27H20ClN3O/c1-30-24-9-5-3-6-20(24)22-16-17(10-15-25(22)30)26-29-23-8-4-2-7-21(23)27(32)31(26)19-13-11-18(28)12-14-19/h2-16,26,29H,1H3/t26-/m1/s1. The highest BCUT2D eigenvalue weighted by molar-refractivity contribution is 6.30. The summed E-state index contributed by atoms with van der Waals surface area (Å²) in [5.41, 5.74) is 5.66. The lowest BCUT2D eigenvalue weighted by Crippen LogP contribution is -2.43. The first kappa shape index (κ1) is 19.0. The summed E-state index contributed by atoms with van der Waals surface area (Å²) >= 11 is 6.12. The molecule has 1 amide bonds. The summed E-state index contributed by atoms with van der Waals surface area (Å²) in [5.74, 6) is -0.0373. The number of fused-ring (bicyclic) bond motifs is 4. The van der Waals surface area contributed by atoms with Crippen molar-refractivity contribution in [3.63, 3.8) is 0 Å². The van der Waals surface area contributed by atoms with Gasteiger partial charge in [-0.1, -0.05) is 48.0 Å². The summed E-state index contributed by atoms with van der Waals surface area (Å²) in [7, 11) is 2.09. The van der Waals surface area contributed by atoms with E-state index in [0.29, 0.717) is 10.6 Å². The zero-order chi connectivity index (χ0) is 21.8. The van der Waals surface area contributed by atoms with Crippen LogP contribution in [0.3, 0.4) is 0 Å². The van der Waals surface area contributed by atoms with Gasteiger partial charge in [0.05, 0.1) is 5.56 Å². The summed E-state index contributed by atoms with van der Waals surface area (Å²) in [5, 5.41) is 6.60. The molecule has 1 atom stereocenters. The Morgan fingerprint density at radius 1 is 0.812 bits per heavy atom. The quantitative estimate of drug-likeness (QED) is 0.331. The molecule has 5 aromatic rings. The molecule has 5 heteroatoms. The molecule has 4 aromatic carbocycles. The smallest absolute Gasteiger partial charge is 0.262 e. The molecule has 0 fully saturated rings. The van der Waals surface area contributed by atoms with Crippen molar-refractivity contribution in [2.45, 2.75) is 6.17 Å². The lowest BCUT2D eigenvalue weighted by molar-refractivity contribution is 0.0975. The Labute approximate surface area is 190 Å². The van der Waals surface area contributed by atoms with Gasteiger partial charge in [-0.15, -0.1) is 0 Å². The van der Waals surface area contributed by atoms with Crippen LogP contribution in [0, 0.1) is 0 Å². The highest BCUT2D eigenvalue weighted by Gasteiger charge is 2.34. The molecule has 0 bridgehead atoms. The van der Waals surface area contributed by atoms with Crippen LogP contribution < -0.4 is 10.2 Å².